The molecule has 0 heterocycles. The molecular weight excluding hydrogens is 252 g/mol. The molecule has 18 heavy (non-hydrogen) atoms. The molecule has 1 amide bonds. The van der Waals surface area contributed by atoms with Crippen LogP contribution >= 0.6 is 11.6 Å². The van der Waals surface area contributed by atoms with Crippen LogP contribution in [0.5, 0.6) is 5.75 Å². The van der Waals surface area contributed by atoms with Gasteiger partial charge in [0.1, 0.15) is 17.4 Å². The molecule has 1 aromatic rings. The number of benzene rings is 1. The van der Waals surface area contributed by atoms with Crippen molar-refractivity contribution in [1.29, 1.82) is 5.26 Å². The number of hydrogen-bond donors (Lipinski definition) is 1. The van der Waals surface area contributed by atoms with Gasteiger partial charge in [-0.1, -0.05) is 17.7 Å². The van der Waals surface area contributed by atoms with Crippen molar-refractivity contribution in [3.05, 3.63) is 28.8 Å². The highest BCUT2D eigenvalue weighted by Crippen LogP contribution is 2.25. The molecule has 4 nitrogen and oxygen atoms in total. The third-order valence-corrected chi connectivity index (χ3v) is 2.93. The van der Waals surface area contributed by atoms with Gasteiger partial charge in [-0.2, -0.15) is 5.26 Å². The number of hydrogen-bond acceptors (Lipinski definition) is 3. The monoisotopic (exact) mass is 264 g/mol. The number of ether oxygens (including phenoxy) is 1. The van der Waals surface area contributed by atoms with Crippen molar-refractivity contribution in [2.45, 2.75) is 25.3 Å². The van der Waals surface area contributed by atoms with Gasteiger partial charge in [-0.05, 0) is 25.0 Å². The van der Waals surface area contributed by atoms with Crippen molar-refractivity contribution < 1.29 is 9.53 Å². The molecule has 1 aromatic carbocycles. The topological polar surface area (TPSA) is 62.1 Å². The molecule has 2 rings (SSSR count). The summed E-state index contributed by atoms with van der Waals surface area (Å²) in [6.07, 6.45) is 2.42. The SMILES string of the molecule is N#Cc1c(Cl)cccc1OCCC(=O)NC1CC1. The van der Waals surface area contributed by atoms with E-state index in [1.54, 1.807) is 18.2 Å². The number of nitrogens with zero attached hydrogens (tertiary/aromatic N) is 1. The van der Waals surface area contributed by atoms with Crippen LogP contribution in [0.2, 0.25) is 5.02 Å². The van der Waals surface area contributed by atoms with Crippen molar-refractivity contribution in [2.75, 3.05) is 6.61 Å². The molecule has 1 N–H and O–H groups in total. The largest absolute Gasteiger partial charge is 0.492 e. The summed E-state index contributed by atoms with van der Waals surface area (Å²) in [5.41, 5.74) is 0.307. The Hall–Kier alpha value is -1.73. The average Bonchev–Trinajstić information content (AvgIpc) is 3.13. The highest BCUT2D eigenvalue weighted by Gasteiger charge is 2.22. The van der Waals surface area contributed by atoms with Crippen LogP contribution in [0.15, 0.2) is 18.2 Å². The Morgan fingerprint density at radius 2 is 2.33 bits per heavy atom. The lowest BCUT2D eigenvalue weighted by atomic mass is 10.2. The first-order valence-electron chi connectivity index (χ1n) is 5.81. The normalized spacial score (nSPS) is 13.8. The van der Waals surface area contributed by atoms with E-state index in [1.165, 1.54) is 0 Å². The van der Waals surface area contributed by atoms with Crippen molar-refractivity contribution in [3.63, 3.8) is 0 Å². The van der Waals surface area contributed by atoms with Crippen molar-refractivity contribution in [1.82, 2.24) is 5.32 Å². The predicted molar refractivity (Wildman–Crippen MR) is 67.4 cm³/mol. The fourth-order valence-electron chi connectivity index (χ4n) is 1.51. The Morgan fingerprint density at radius 3 is 3.00 bits per heavy atom. The van der Waals surface area contributed by atoms with E-state index in [0.29, 0.717) is 22.4 Å². The van der Waals surface area contributed by atoms with Gasteiger partial charge in [0, 0.05) is 6.04 Å². The maximum Gasteiger partial charge on any atom is 0.223 e. The summed E-state index contributed by atoms with van der Waals surface area (Å²) in [6.45, 7) is 0.244. The highest BCUT2D eigenvalue weighted by atomic mass is 35.5. The molecule has 5 heteroatoms. The minimum Gasteiger partial charge on any atom is -0.492 e. The van der Waals surface area contributed by atoms with Crippen LogP contribution in [-0.4, -0.2) is 18.6 Å². The number of carbonyl (C=O) groups is 1. The quantitative estimate of drug-likeness (QED) is 0.887. The Kier molecular flexibility index (Phi) is 4.06. The standard InChI is InChI=1S/C13H13ClN2O2/c14-11-2-1-3-12(10(11)8-15)18-7-6-13(17)16-9-4-5-9/h1-3,9H,4-7H2,(H,16,17). The van der Waals surface area contributed by atoms with Gasteiger partial charge in [0.2, 0.25) is 5.91 Å². The first-order valence-corrected chi connectivity index (χ1v) is 6.19. The van der Waals surface area contributed by atoms with E-state index in [-0.39, 0.29) is 18.9 Å². The van der Waals surface area contributed by atoms with Gasteiger partial charge in [0.15, 0.2) is 0 Å². The van der Waals surface area contributed by atoms with Crippen LogP contribution in [0.3, 0.4) is 0 Å². The minimum absolute atomic E-state index is 0.0157. The molecular formula is C13H13ClN2O2. The summed E-state index contributed by atoms with van der Waals surface area (Å²) >= 11 is 5.87. The average molecular weight is 265 g/mol. The van der Waals surface area contributed by atoms with Crippen LogP contribution < -0.4 is 10.1 Å². The molecule has 0 aromatic heterocycles. The molecule has 1 aliphatic rings. The lowest BCUT2D eigenvalue weighted by molar-refractivity contribution is -0.121. The molecule has 1 fully saturated rings. The molecule has 1 saturated carbocycles. The fraction of sp³-hybridized carbons (Fsp3) is 0.385. The number of nitrogens with one attached hydrogen (secondary N) is 1. The van der Waals surface area contributed by atoms with Crippen molar-refractivity contribution in [3.8, 4) is 11.8 Å². The van der Waals surface area contributed by atoms with E-state index in [0.717, 1.165) is 12.8 Å². The first-order chi connectivity index (χ1) is 8.70. The summed E-state index contributed by atoms with van der Waals surface area (Å²) in [4.78, 5) is 11.4. The summed E-state index contributed by atoms with van der Waals surface area (Å²) in [5, 5.41) is 12.2. The summed E-state index contributed by atoms with van der Waals surface area (Å²) < 4.78 is 5.41. The van der Waals surface area contributed by atoms with Gasteiger partial charge in [0.05, 0.1) is 18.1 Å². The van der Waals surface area contributed by atoms with Crippen LogP contribution in [0.1, 0.15) is 24.8 Å². The van der Waals surface area contributed by atoms with Crippen molar-refractivity contribution >= 4 is 17.5 Å². The number of amides is 1. The number of nitriles is 1. The molecule has 0 unspecified atom stereocenters. The molecule has 0 aliphatic heterocycles. The summed E-state index contributed by atoms with van der Waals surface area (Å²) in [7, 11) is 0. The smallest absolute Gasteiger partial charge is 0.223 e. The number of rotatable bonds is 5. The van der Waals surface area contributed by atoms with Gasteiger partial charge in [-0.15, -0.1) is 0 Å². The van der Waals surface area contributed by atoms with Gasteiger partial charge in [-0.25, -0.2) is 0 Å². The predicted octanol–water partition coefficient (Wildman–Crippen LogP) is 2.26. The maximum atomic E-state index is 11.4. The van der Waals surface area contributed by atoms with Gasteiger partial charge < -0.3 is 10.1 Å². The second-order valence-electron chi connectivity index (χ2n) is 4.17. The maximum absolute atomic E-state index is 11.4. The third kappa shape index (κ3) is 3.38. The zero-order valence-corrected chi connectivity index (χ0v) is 10.5. The molecule has 0 saturated heterocycles. The fourth-order valence-corrected chi connectivity index (χ4v) is 1.72. The second kappa shape index (κ2) is 5.74. The van der Waals surface area contributed by atoms with Crippen molar-refractivity contribution in [2.24, 2.45) is 0 Å². The molecule has 0 bridgehead atoms. The zero-order valence-electron chi connectivity index (χ0n) is 9.78. The highest BCUT2D eigenvalue weighted by molar-refractivity contribution is 6.31. The van der Waals surface area contributed by atoms with Crippen LogP contribution in [0.4, 0.5) is 0 Å². The molecule has 0 radical (unpaired) electrons. The van der Waals surface area contributed by atoms with E-state index < -0.39 is 0 Å². The Balaban J connectivity index is 1.84. The lowest BCUT2D eigenvalue weighted by Gasteiger charge is -2.08. The summed E-state index contributed by atoms with van der Waals surface area (Å²) in [5.74, 6) is 0.405. The van der Waals surface area contributed by atoms with E-state index in [4.69, 9.17) is 21.6 Å². The Bertz CT molecular complexity index is 492. The van der Waals surface area contributed by atoms with Gasteiger partial charge in [0.25, 0.3) is 0 Å². The lowest BCUT2D eigenvalue weighted by Crippen LogP contribution is -2.26. The van der Waals surface area contributed by atoms with Crippen LogP contribution in [-0.2, 0) is 4.79 Å². The molecule has 1 aliphatic carbocycles. The number of halogens is 1. The third-order valence-electron chi connectivity index (χ3n) is 2.62. The van der Waals surface area contributed by atoms with E-state index in [2.05, 4.69) is 5.32 Å². The van der Waals surface area contributed by atoms with Crippen LogP contribution in [0.25, 0.3) is 0 Å². The summed E-state index contributed by atoms with van der Waals surface area (Å²) in [6, 6.07) is 7.36. The molecule has 0 spiro atoms. The van der Waals surface area contributed by atoms with Crippen LogP contribution in [0, 0.1) is 11.3 Å². The van der Waals surface area contributed by atoms with E-state index in [9.17, 15) is 4.79 Å². The van der Waals surface area contributed by atoms with E-state index >= 15 is 0 Å². The van der Waals surface area contributed by atoms with Gasteiger partial charge in [-0.3, -0.25) is 4.79 Å². The second-order valence-corrected chi connectivity index (χ2v) is 4.57. The zero-order chi connectivity index (χ0) is 13.0. The first kappa shape index (κ1) is 12.7. The van der Waals surface area contributed by atoms with E-state index in [1.807, 2.05) is 6.07 Å². The van der Waals surface area contributed by atoms with Gasteiger partial charge >= 0.3 is 0 Å². The molecule has 94 valence electrons. The Labute approximate surface area is 111 Å². The number of carbonyl (C=O) groups excluding carboxylic acids is 1. The molecule has 0 atom stereocenters. The minimum atomic E-state index is -0.0157. The Morgan fingerprint density at radius 1 is 1.56 bits per heavy atom.